The van der Waals surface area contributed by atoms with Gasteiger partial charge in [0, 0.05) is 25.1 Å². The van der Waals surface area contributed by atoms with E-state index in [2.05, 4.69) is 10.3 Å². The van der Waals surface area contributed by atoms with Crippen LogP contribution in [0.15, 0.2) is 48.9 Å². The van der Waals surface area contributed by atoms with Crippen LogP contribution in [0.3, 0.4) is 0 Å². The Labute approximate surface area is 572 Å². The maximum atomic E-state index is 14.7. The Morgan fingerprint density at radius 1 is 0.396 bits per heavy atom. The van der Waals surface area contributed by atoms with Gasteiger partial charge in [0.25, 0.3) is 5.91 Å². The van der Waals surface area contributed by atoms with Gasteiger partial charge in [-0.15, -0.1) is 0 Å². The summed E-state index contributed by atoms with van der Waals surface area (Å²) in [5, 5.41) is 229. The second-order valence-electron chi connectivity index (χ2n) is 26.5. The van der Waals surface area contributed by atoms with E-state index in [1.165, 1.54) is 29.1 Å². The van der Waals surface area contributed by atoms with Crippen LogP contribution in [-0.4, -0.2) is 390 Å². The van der Waals surface area contributed by atoms with E-state index in [-0.39, 0.29) is 16.8 Å². The Morgan fingerprint density at radius 2 is 0.673 bits per heavy atom. The number of rotatable bonds is 11. The van der Waals surface area contributed by atoms with Crippen LogP contribution in [0.1, 0.15) is 41.6 Å². The predicted octanol–water partition coefficient (Wildman–Crippen LogP) is -11.5. The third-order valence-corrected chi connectivity index (χ3v) is 18.7. The minimum absolute atomic E-state index is 0.101. The maximum absolute atomic E-state index is 14.7. The number of aromatic nitrogens is 2. The lowest BCUT2D eigenvalue weighted by molar-refractivity contribution is -0.396. The molecule has 40 nitrogen and oxygen atoms in total. The molecule has 24 heterocycles. The number of aliphatic hydroxyl groups excluding tert-OH is 20. The first-order valence-corrected chi connectivity index (χ1v) is 32.5. The highest BCUT2D eigenvalue weighted by Crippen LogP contribution is 2.40. The summed E-state index contributed by atoms with van der Waals surface area (Å²) in [5.74, 6) is -1.77. The van der Waals surface area contributed by atoms with Gasteiger partial charge in [0.15, 0.2) is 44.0 Å². The third-order valence-electron chi connectivity index (χ3n) is 18.7. The van der Waals surface area contributed by atoms with Crippen molar-refractivity contribution >= 4 is 17.4 Å². The van der Waals surface area contributed by atoms with Gasteiger partial charge in [-0.1, -0.05) is 0 Å². The second-order valence-corrected chi connectivity index (χ2v) is 26.5. The number of hydrogen-bond donors (Lipinski definition) is 21. The van der Waals surface area contributed by atoms with Crippen molar-refractivity contribution < 1.29 is 183 Å². The lowest BCUT2D eigenvalue weighted by atomic mass is 9.95. The topological polar surface area (TPSA) is 607 Å². The number of fused-ring (bicyclic) bond motifs is 1. The van der Waals surface area contributed by atoms with Crippen molar-refractivity contribution in [2.75, 3.05) is 46.2 Å². The molecule has 21 saturated heterocycles. The zero-order chi connectivity index (χ0) is 73.0. The molecule has 21 fully saturated rings. The van der Waals surface area contributed by atoms with E-state index >= 15 is 0 Å². The summed E-state index contributed by atoms with van der Waals surface area (Å²) >= 11 is 0. The normalized spacial score (nSPS) is 45.1. The molecule has 40 heteroatoms. The fraction of sp³-hybridized carbons (Fsp3) is 0.754. The van der Waals surface area contributed by atoms with Gasteiger partial charge < -0.3 is 183 Å². The standard InChI is InChI=1S/C61H87N3O37/c1-61(2,3)101-53(86)23-11-21(22-10-20(6-9-64(22)23)19-4-7-62-8-5-19)52(85)63-12-24-45-31(71)38(78)54(87-24)95-46-25(13-65)89-56(40(80)33(46)73)97-48-27(15-67)91-58(42(82)35(48)75)99-50-29(17-69)93-60(44(84)37(50)77)100-51-30(18-70)92-59(43(83)36(51)76)98-49-28(16-68)90-57(41(81)34(49)74)96-47-26(14-66)88-55(94-45)39(79)32(47)72/h4-11,24-51,54-60,65-84H,12-18H2,1-3H3,(H,63,85)/t24-,25-,26-,27-,28-,29-,30-,31-,32-,33-,34-,35-,36-,37-,38-,39?,40-,41-,42-,43-,44-,45-,46-,47-,48-,49-,50-,51-,54-,55-,56-,57-,58-,59-,60-/m1/s1. The summed E-state index contributed by atoms with van der Waals surface area (Å²) in [7, 11) is 0. The summed E-state index contributed by atoms with van der Waals surface area (Å²) < 4.78 is 89.0. The van der Waals surface area contributed by atoms with Gasteiger partial charge in [-0.3, -0.25) is 9.78 Å². The van der Waals surface area contributed by atoms with Crippen LogP contribution >= 0.6 is 0 Å². The molecule has 568 valence electrons. The first-order valence-electron chi connectivity index (χ1n) is 32.5. The van der Waals surface area contributed by atoms with Crippen LogP contribution in [0.2, 0.25) is 0 Å². The molecule has 1 amide bonds. The fourth-order valence-electron chi connectivity index (χ4n) is 13.3. The van der Waals surface area contributed by atoms with E-state index < -0.39 is 279 Å². The highest BCUT2D eigenvalue weighted by atomic mass is 16.8. The van der Waals surface area contributed by atoms with E-state index in [0.717, 1.165) is 0 Å². The van der Waals surface area contributed by atoms with Gasteiger partial charge in [-0.05, 0) is 62.2 Å². The molecule has 24 rings (SSSR count). The van der Waals surface area contributed by atoms with Crippen molar-refractivity contribution in [2.24, 2.45) is 0 Å². The molecule has 35 atom stereocenters. The number of ether oxygens (including phenoxy) is 15. The fourth-order valence-corrected chi connectivity index (χ4v) is 13.3. The van der Waals surface area contributed by atoms with Gasteiger partial charge in [0.1, 0.15) is 182 Å². The Bertz CT molecular complexity index is 3200. The SMILES string of the molecule is CC(C)(C)OC(=O)c1cc(C(=O)NC[C@H]2O[C@@H]3O[C@H]4[C@H](O)[C@@H](O)[C@@H](O[C@H]5[C@H](O)[C@@H](O)[C@@H](O[C@H]6[C@H](O)[C@@H](O)[C@@H](O[C@H]7[C@H](O)[C@@H](O)[C@@H](O[C@H]8[C@H](O)[C@@H](O)[C@@H](O[C@H]9[C@H](O)C(O)[C@@H](O[C@H]2[C@H](O)[C@H]3O)O[C@@H]9CO)O[C@@H]8CO)O[C@@H]7CO)O[C@@H]6CO)O[C@@H]5CO)O[C@@H]4CO)c2cc(-c3ccncc3)ccn12. The molecule has 0 aliphatic carbocycles. The summed E-state index contributed by atoms with van der Waals surface area (Å²) in [5.41, 5.74) is 0.131. The number of hydrogen-bond acceptors (Lipinski definition) is 38. The molecule has 1 unspecified atom stereocenters. The molecule has 21 aliphatic heterocycles. The molecule has 3 aromatic heterocycles. The summed E-state index contributed by atoms with van der Waals surface area (Å²) in [6, 6.07) is 7.88. The number of carbonyl (C=O) groups excluding carboxylic acids is 2. The number of nitrogens with zero attached hydrogens (tertiary/aromatic N) is 2. The van der Waals surface area contributed by atoms with E-state index in [9.17, 15) is 112 Å². The van der Waals surface area contributed by atoms with Crippen LogP contribution in [0.4, 0.5) is 0 Å². The molecule has 3 aromatic rings. The lowest BCUT2D eigenvalue weighted by Crippen LogP contribution is -2.68. The van der Waals surface area contributed by atoms with Gasteiger partial charge in [-0.2, -0.15) is 0 Å². The van der Waals surface area contributed by atoms with Crippen molar-refractivity contribution in [3.05, 3.63) is 60.2 Å². The number of nitrogens with one attached hydrogen (secondary N) is 1. The Balaban J connectivity index is 0.912. The number of pyridine rings is 2. The van der Waals surface area contributed by atoms with Crippen LogP contribution in [-0.2, 0) is 71.1 Å². The van der Waals surface area contributed by atoms with Crippen LogP contribution in [0.5, 0.6) is 0 Å². The smallest absolute Gasteiger partial charge is 0.355 e. The molecular weight excluding hydrogens is 1370 g/mol. The number of esters is 1. The minimum Gasteiger partial charge on any atom is -0.455 e. The Morgan fingerprint density at radius 3 is 0.950 bits per heavy atom. The quantitative estimate of drug-likeness (QED) is 0.0793. The lowest BCUT2D eigenvalue weighted by Gasteiger charge is -2.50. The van der Waals surface area contributed by atoms with Crippen molar-refractivity contribution in [2.45, 2.75) is 241 Å². The van der Waals surface area contributed by atoms with E-state index in [1.54, 1.807) is 45.0 Å². The highest BCUT2D eigenvalue weighted by Gasteiger charge is 2.60. The summed E-state index contributed by atoms with van der Waals surface area (Å²) in [6.07, 6.45) is -68.4. The van der Waals surface area contributed by atoms with Crippen molar-refractivity contribution in [1.82, 2.24) is 14.7 Å². The average Bonchev–Trinajstić information content (AvgIpc) is 1.55. The summed E-state index contributed by atoms with van der Waals surface area (Å²) in [4.78, 5) is 32.5. The molecule has 21 aliphatic rings. The van der Waals surface area contributed by atoms with Gasteiger partial charge in [0.2, 0.25) is 0 Å². The highest BCUT2D eigenvalue weighted by molar-refractivity contribution is 6.05. The van der Waals surface area contributed by atoms with Crippen molar-refractivity contribution in [1.29, 1.82) is 0 Å². The average molecular weight is 1450 g/mol. The van der Waals surface area contributed by atoms with Gasteiger partial charge in [0.05, 0.1) is 50.7 Å². The molecule has 14 bridgehead atoms. The monoisotopic (exact) mass is 1450 g/mol. The molecule has 0 saturated carbocycles. The van der Waals surface area contributed by atoms with Crippen LogP contribution in [0, 0.1) is 0 Å². The van der Waals surface area contributed by atoms with E-state index in [0.29, 0.717) is 11.1 Å². The number of aliphatic hydroxyl groups is 20. The number of carbonyl (C=O) groups is 2. The molecule has 21 N–H and O–H groups in total. The van der Waals surface area contributed by atoms with Crippen LogP contribution in [0.25, 0.3) is 16.6 Å². The zero-order valence-electron chi connectivity index (χ0n) is 54.1. The molecule has 0 aromatic carbocycles. The third kappa shape index (κ3) is 15.7. The van der Waals surface area contributed by atoms with Gasteiger partial charge >= 0.3 is 5.97 Å². The maximum Gasteiger partial charge on any atom is 0.355 e. The van der Waals surface area contributed by atoms with Crippen molar-refractivity contribution in [3.63, 3.8) is 0 Å². The largest absolute Gasteiger partial charge is 0.455 e. The van der Waals surface area contributed by atoms with Gasteiger partial charge in [-0.25, -0.2) is 4.79 Å². The number of amides is 1. The zero-order valence-corrected chi connectivity index (χ0v) is 54.1. The minimum atomic E-state index is -2.34. The first kappa shape index (κ1) is 77.6. The molecule has 101 heavy (non-hydrogen) atoms. The molecule has 0 spiro atoms. The summed E-state index contributed by atoms with van der Waals surface area (Å²) in [6.45, 7) is -2.48. The predicted molar refractivity (Wildman–Crippen MR) is 319 cm³/mol. The Kier molecular flexibility index (Phi) is 24.8. The Hall–Kier alpha value is -4.51. The first-order chi connectivity index (χ1) is 48.0. The van der Waals surface area contributed by atoms with Crippen molar-refractivity contribution in [3.8, 4) is 11.1 Å². The molecular formula is C61H87N3O37. The second kappa shape index (κ2) is 32.3. The molecule has 0 radical (unpaired) electrons. The van der Waals surface area contributed by atoms with E-state index in [1.807, 2.05) is 0 Å². The van der Waals surface area contributed by atoms with Crippen LogP contribution < -0.4 is 5.32 Å². The van der Waals surface area contributed by atoms with E-state index in [4.69, 9.17) is 71.1 Å².